The van der Waals surface area contributed by atoms with Crippen LogP contribution in [0.3, 0.4) is 0 Å². The number of aromatic nitrogens is 2. The molecule has 0 radical (unpaired) electrons. The number of carbonyl (C=O) groups excluding carboxylic acids is 1. The first-order chi connectivity index (χ1) is 7.27. The fourth-order valence-electron chi connectivity index (χ4n) is 1.21. The van der Waals surface area contributed by atoms with Gasteiger partial charge in [0.25, 0.3) is 0 Å². The van der Waals surface area contributed by atoms with Crippen LogP contribution in [0.1, 0.15) is 16.1 Å². The summed E-state index contributed by atoms with van der Waals surface area (Å²) in [5, 5.41) is 5.42. The lowest BCUT2D eigenvalue weighted by molar-refractivity contribution is 0.0988. The van der Waals surface area contributed by atoms with Crippen molar-refractivity contribution >= 4 is 17.3 Å². The van der Waals surface area contributed by atoms with E-state index in [1.54, 1.807) is 17.5 Å². The Morgan fingerprint density at radius 3 is 2.87 bits per heavy atom. The van der Waals surface area contributed by atoms with Gasteiger partial charge in [-0.2, -0.15) is 0 Å². The Morgan fingerprint density at radius 1 is 1.40 bits per heavy atom. The second-order valence-corrected chi connectivity index (χ2v) is 3.59. The van der Waals surface area contributed by atoms with Crippen molar-refractivity contribution in [3.05, 3.63) is 46.7 Å². The molecule has 0 bridgehead atoms. The molecule has 76 valence electrons. The number of hydrogen-bond acceptors (Lipinski definition) is 4. The molecule has 0 aliphatic rings. The first-order valence-electron chi connectivity index (χ1n) is 4.31. The van der Waals surface area contributed by atoms with Gasteiger partial charge in [0.1, 0.15) is 5.82 Å². The van der Waals surface area contributed by atoms with Crippen LogP contribution in [0.4, 0.5) is 4.39 Å². The van der Waals surface area contributed by atoms with E-state index in [9.17, 15) is 9.18 Å². The van der Waals surface area contributed by atoms with Crippen LogP contribution in [0.25, 0.3) is 0 Å². The van der Waals surface area contributed by atoms with Crippen LogP contribution in [0.15, 0.2) is 29.6 Å². The molecular formula is C10H7FN2OS. The van der Waals surface area contributed by atoms with Crippen molar-refractivity contribution in [2.24, 2.45) is 0 Å². The van der Waals surface area contributed by atoms with E-state index in [-0.39, 0.29) is 17.8 Å². The molecule has 0 spiro atoms. The standard InChI is InChI=1S/C10H7FN2OS/c11-9-4-2-1-3-8(9)10(14)5-7-6-15-13-12-7/h1-4,6H,5H2. The molecule has 1 aromatic heterocycles. The Labute approximate surface area is 89.7 Å². The van der Waals surface area contributed by atoms with Gasteiger partial charge in [0, 0.05) is 5.38 Å². The number of carbonyl (C=O) groups is 1. The molecule has 0 N–H and O–H groups in total. The number of halogens is 1. The van der Waals surface area contributed by atoms with Gasteiger partial charge in [-0.1, -0.05) is 16.6 Å². The summed E-state index contributed by atoms with van der Waals surface area (Å²) in [6.45, 7) is 0. The maximum Gasteiger partial charge on any atom is 0.171 e. The third kappa shape index (κ3) is 2.24. The van der Waals surface area contributed by atoms with E-state index in [1.165, 1.54) is 23.7 Å². The molecule has 0 amide bonds. The van der Waals surface area contributed by atoms with Gasteiger partial charge in [0.2, 0.25) is 0 Å². The Kier molecular flexibility index (Phi) is 2.82. The second-order valence-electron chi connectivity index (χ2n) is 2.98. The van der Waals surface area contributed by atoms with Gasteiger partial charge < -0.3 is 0 Å². The lowest BCUT2D eigenvalue weighted by Crippen LogP contribution is -2.06. The molecule has 0 aliphatic heterocycles. The highest BCUT2D eigenvalue weighted by Crippen LogP contribution is 2.10. The van der Waals surface area contributed by atoms with Crippen LogP contribution in [0.5, 0.6) is 0 Å². The number of benzene rings is 1. The molecule has 1 aromatic carbocycles. The number of ketones is 1. The minimum atomic E-state index is -0.495. The number of nitrogens with zero attached hydrogens (tertiary/aromatic N) is 2. The van der Waals surface area contributed by atoms with Crippen LogP contribution < -0.4 is 0 Å². The zero-order chi connectivity index (χ0) is 10.7. The average Bonchev–Trinajstić information content (AvgIpc) is 2.71. The average molecular weight is 222 g/mol. The highest BCUT2D eigenvalue weighted by molar-refractivity contribution is 7.03. The highest BCUT2D eigenvalue weighted by atomic mass is 32.1. The molecule has 2 rings (SSSR count). The third-order valence-corrected chi connectivity index (χ3v) is 2.47. The van der Waals surface area contributed by atoms with Gasteiger partial charge >= 0.3 is 0 Å². The van der Waals surface area contributed by atoms with E-state index in [2.05, 4.69) is 9.59 Å². The van der Waals surface area contributed by atoms with E-state index in [1.807, 2.05) is 0 Å². The van der Waals surface area contributed by atoms with Gasteiger partial charge in [0.15, 0.2) is 5.78 Å². The molecule has 2 aromatic rings. The normalized spacial score (nSPS) is 10.2. The summed E-state index contributed by atoms with van der Waals surface area (Å²) in [5.74, 6) is -0.772. The molecule has 0 saturated heterocycles. The number of rotatable bonds is 3. The molecule has 15 heavy (non-hydrogen) atoms. The van der Waals surface area contributed by atoms with Crippen molar-refractivity contribution in [2.45, 2.75) is 6.42 Å². The molecule has 0 saturated carbocycles. The molecule has 0 unspecified atom stereocenters. The van der Waals surface area contributed by atoms with E-state index in [0.29, 0.717) is 5.69 Å². The van der Waals surface area contributed by atoms with Crippen molar-refractivity contribution in [1.29, 1.82) is 0 Å². The van der Waals surface area contributed by atoms with Crippen molar-refractivity contribution in [3.63, 3.8) is 0 Å². The van der Waals surface area contributed by atoms with E-state index in [4.69, 9.17) is 0 Å². The Bertz CT molecular complexity index is 470. The number of Topliss-reactive ketones (excluding diaryl/α,β-unsaturated/α-hetero) is 1. The second kappa shape index (κ2) is 4.27. The Balaban J connectivity index is 2.19. The van der Waals surface area contributed by atoms with Crippen LogP contribution in [-0.4, -0.2) is 15.4 Å². The Hall–Kier alpha value is -1.62. The molecule has 1 heterocycles. The fraction of sp³-hybridized carbons (Fsp3) is 0.100. The summed E-state index contributed by atoms with van der Waals surface area (Å²) in [4.78, 5) is 11.6. The summed E-state index contributed by atoms with van der Waals surface area (Å²) < 4.78 is 16.9. The summed E-state index contributed by atoms with van der Waals surface area (Å²) in [6, 6.07) is 5.93. The van der Waals surface area contributed by atoms with Gasteiger partial charge in [-0.25, -0.2) is 4.39 Å². The zero-order valence-corrected chi connectivity index (χ0v) is 8.50. The maximum atomic E-state index is 13.2. The van der Waals surface area contributed by atoms with E-state index in [0.717, 1.165) is 0 Å². The van der Waals surface area contributed by atoms with Gasteiger partial charge in [-0.05, 0) is 23.7 Å². The van der Waals surface area contributed by atoms with E-state index >= 15 is 0 Å². The van der Waals surface area contributed by atoms with Crippen LogP contribution >= 0.6 is 11.5 Å². The molecule has 0 aliphatic carbocycles. The summed E-state index contributed by atoms with van der Waals surface area (Å²) in [6.07, 6.45) is 0.0947. The molecule has 3 nitrogen and oxygen atoms in total. The van der Waals surface area contributed by atoms with Crippen molar-refractivity contribution in [1.82, 2.24) is 9.59 Å². The highest BCUT2D eigenvalue weighted by Gasteiger charge is 2.12. The van der Waals surface area contributed by atoms with Crippen molar-refractivity contribution < 1.29 is 9.18 Å². The lowest BCUT2D eigenvalue weighted by atomic mass is 10.1. The monoisotopic (exact) mass is 222 g/mol. The predicted molar refractivity (Wildman–Crippen MR) is 54.3 cm³/mol. The zero-order valence-electron chi connectivity index (χ0n) is 7.68. The summed E-state index contributed by atoms with van der Waals surface area (Å²) in [5.41, 5.74) is 0.679. The third-order valence-electron chi connectivity index (χ3n) is 1.92. The quantitative estimate of drug-likeness (QED) is 0.747. The van der Waals surface area contributed by atoms with Crippen LogP contribution in [-0.2, 0) is 6.42 Å². The first kappa shape index (κ1) is 9.92. The number of hydrogen-bond donors (Lipinski definition) is 0. The topological polar surface area (TPSA) is 42.9 Å². The smallest absolute Gasteiger partial charge is 0.171 e. The summed E-state index contributed by atoms with van der Waals surface area (Å²) >= 11 is 1.17. The van der Waals surface area contributed by atoms with Crippen LogP contribution in [0, 0.1) is 5.82 Å². The van der Waals surface area contributed by atoms with Crippen molar-refractivity contribution in [3.8, 4) is 0 Å². The first-order valence-corrected chi connectivity index (χ1v) is 5.14. The molecule has 5 heteroatoms. The van der Waals surface area contributed by atoms with Gasteiger partial charge in [0.05, 0.1) is 17.7 Å². The minimum Gasteiger partial charge on any atom is -0.294 e. The fourth-order valence-corrected chi connectivity index (χ4v) is 1.66. The maximum absolute atomic E-state index is 13.2. The van der Waals surface area contributed by atoms with E-state index < -0.39 is 5.82 Å². The molecule has 0 atom stereocenters. The molecule has 0 fully saturated rings. The summed E-state index contributed by atoms with van der Waals surface area (Å²) in [7, 11) is 0. The SMILES string of the molecule is O=C(Cc1csnn1)c1ccccc1F. The lowest BCUT2D eigenvalue weighted by Gasteiger charge is -1.99. The molecular weight excluding hydrogens is 215 g/mol. The van der Waals surface area contributed by atoms with Gasteiger partial charge in [-0.3, -0.25) is 4.79 Å². The minimum absolute atomic E-state index is 0.0947. The van der Waals surface area contributed by atoms with Crippen molar-refractivity contribution in [2.75, 3.05) is 0 Å². The van der Waals surface area contributed by atoms with Crippen LogP contribution in [0.2, 0.25) is 0 Å². The Morgan fingerprint density at radius 2 is 2.20 bits per heavy atom. The largest absolute Gasteiger partial charge is 0.294 e. The van der Waals surface area contributed by atoms with Gasteiger partial charge in [-0.15, -0.1) is 5.10 Å². The predicted octanol–water partition coefficient (Wildman–Crippen LogP) is 2.10.